The van der Waals surface area contributed by atoms with Crippen LogP contribution in [0.25, 0.3) is 0 Å². The lowest BCUT2D eigenvalue weighted by atomic mass is 9.51. The van der Waals surface area contributed by atoms with Crippen LogP contribution in [0.4, 0.5) is 0 Å². The molecule has 0 amide bonds. The quantitative estimate of drug-likeness (QED) is 0.691. The minimum Gasteiger partial charge on any atom is -0.392 e. The predicted molar refractivity (Wildman–Crippen MR) is 91.1 cm³/mol. The van der Waals surface area contributed by atoms with Crippen molar-refractivity contribution < 1.29 is 5.11 Å². The summed E-state index contributed by atoms with van der Waals surface area (Å²) in [6.07, 6.45) is 9.63. The third kappa shape index (κ3) is 3.62. The number of rotatable bonds is 4. The van der Waals surface area contributed by atoms with Gasteiger partial charge in [0.25, 0.3) is 0 Å². The van der Waals surface area contributed by atoms with Crippen molar-refractivity contribution >= 4 is 0 Å². The smallest absolute Gasteiger partial charge is 0.0614 e. The van der Waals surface area contributed by atoms with E-state index in [1.54, 1.807) is 0 Å². The number of fused-ring (bicyclic) bond motifs is 1. The van der Waals surface area contributed by atoms with Crippen LogP contribution in [0.2, 0.25) is 0 Å². The zero-order valence-corrected chi connectivity index (χ0v) is 14.5. The van der Waals surface area contributed by atoms with Crippen LogP contribution in [0.3, 0.4) is 0 Å². The molecule has 1 N–H and O–H groups in total. The Labute approximate surface area is 131 Å². The van der Waals surface area contributed by atoms with Crippen LogP contribution in [-0.2, 0) is 0 Å². The van der Waals surface area contributed by atoms with Crippen molar-refractivity contribution in [3.05, 3.63) is 23.8 Å². The Balaban J connectivity index is 2.13. The maximum atomic E-state index is 9.03. The van der Waals surface area contributed by atoms with E-state index in [1.165, 1.54) is 43.3 Å². The van der Waals surface area contributed by atoms with E-state index in [0.717, 1.165) is 24.2 Å². The van der Waals surface area contributed by atoms with Gasteiger partial charge in [0, 0.05) is 0 Å². The van der Waals surface area contributed by atoms with Crippen molar-refractivity contribution in [3.63, 3.8) is 0 Å². The second kappa shape index (κ2) is 6.69. The lowest BCUT2D eigenvalue weighted by Crippen LogP contribution is -2.45. The van der Waals surface area contributed by atoms with Gasteiger partial charge in [-0.05, 0) is 74.5 Å². The van der Waals surface area contributed by atoms with Crippen LogP contribution in [-0.4, -0.2) is 11.7 Å². The second-order valence-electron chi connectivity index (χ2n) is 8.26. The fourth-order valence-corrected chi connectivity index (χ4v) is 4.99. The first-order valence-corrected chi connectivity index (χ1v) is 8.81. The van der Waals surface area contributed by atoms with E-state index in [4.69, 9.17) is 5.11 Å². The molecular weight excluding hydrogens is 256 g/mol. The fourth-order valence-electron chi connectivity index (χ4n) is 4.99. The maximum absolute atomic E-state index is 9.03. The van der Waals surface area contributed by atoms with Crippen LogP contribution in [0.15, 0.2) is 23.8 Å². The minimum absolute atomic E-state index is 0.174. The van der Waals surface area contributed by atoms with Crippen molar-refractivity contribution in [2.75, 3.05) is 6.61 Å². The van der Waals surface area contributed by atoms with Gasteiger partial charge in [-0.15, -0.1) is 0 Å². The normalized spacial score (nSPS) is 36.4. The van der Waals surface area contributed by atoms with Crippen molar-refractivity contribution in [2.24, 2.45) is 29.1 Å². The molecule has 2 saturated carbocycles. The highest BCUT2D eigenvalue weighted by atomic mass is 16.2. The Hall–Kier alpha value is -0.560. The van der Waals surface area contributed by atoms with Gasteiger partial charge >= 0.3 is 0 Å². The molecule has 0 radical (unpaired) electrons. The first-order valence-electron chi connectivity index (χ1n) is 8.81. The first-order chi connectivity index (χ1) is 9.86. The number of aliphatic hydroxyl groups excluding tert-OH is 1. The standard InChI is InChI=1S/C20H34O/c1-14(11-13-21)6-8-17-15(2)7-9-18-19(17)16(3)10-12-20(18,4)5/h11,16-19,21H,2,6-10,12-13H2,1,3-5H3/b14-11+/t16?,17-,18+,19-/m1/s1. The summed E-state index contributed by atoms with van der Waals surface area (Å²) in [6, 6.07) is 0. The summed E-state index contributed by atoms with van der Waals surface area (Å²) in [4.78, 5) is 0. The summed E-state index contributed by atoms with van der Waals surface area (Å²) in [6.45, 7) is 14.2. The van der Waals surface area contributed by atoms with Crippen LogP contribution in [0.1, 0.15) is 66.2 Å². The molecule has 1 unspecified atom stereocenters. The Morgan fingerprint density at radius 1 is 1.38 bits per heavy atom. The maximum Gasteiger partial charge on any atom is 0.0614 e. The highest BCUT2D eigenvalue weighted by Gasteiger charge is 2.47. The Morgan fingerprint density at radius 3 is 2.76 bits per heavy atom. The summed E-state index contributed by atoms with van der Waals surface area (Å²) in [5, 5.41) is 9.03. The van der Waals surface area contributed by atoms with E-state index in [1.807, 2.05) is 6.08 Å². The molecule has 1 nitrogen and oxygen atoms in total. The number of hydrogen-bond donors (Lipinski definition) is 1. The molecule has 0 spiro atoms. The molecule has 0 aromatic heterocycles. The van der Waals surface area contributed by atoms with Gasteiger partial charge in [-0.25, -0.2) is 0 Å². The van der Waals surface area contributed by atoms with E-state index in [-0.39, 0.29) is 6.61 Å². The zero-order valence-electron chi connectivity index (χ0n) is 14.5. The molecule has 0 aromatic rings. The highest BCUT2D eigenvalue weighted by molar-refractivity contribution is 5.13. The van der Waals surface area contributed by atoms with Gasteiger partial charge in [-0.2, -0.15) is 0 Å². The number of hydrogen-bond acceptors (Lipinski definition) is 1. The lowest BCUT2D eigenvalue weighted by molar-refractivity contribution is -0.0136. The van der Waals surface area contributed by atoms with Gasteiger partial charge in [-0.1, -0.05) is 44.6 Å². The summed E-state index contributed by atoms with van der Waals surface area (Å²) in [5.74, 6) is 3.24. The number of aliphatic hydroxyl groups is 1. The first kappa shape index (κ1) is 16.8. The van der Waals surface area contributed by atoms with Gasteiger partial charge in [0.15, 0.2) is 0 Å². The average Bonchev–Trinajstić information content (AvgIpc) is 2.42. The molecule has 2 aliphatic carbocycles. The lowest BCUT2D eigenvalue weighted by Gasteiger charge is -2.53. The Morgan fingerprint density at radius 2 is 2.10 bits per heavy atom. The molecule has 120 valence electrons. The summed E-state index contributed by atoms with van der Waals surface area (Å²) in [5.41, 5.74) is 3.33. The summed E-state index contributed by atoms with van der Waals surface area (Å²) < 4.78 is 0. The van der Waals surface area contributed by atoms with Crippen LogP contribution in [0, 0.1) is 29.1 Å². The third-order valence-corrected chi connectivity index (χ3v) is 6.42. The molecule has 0 aliphatic heterocycles. The molecule has 21 heavy (non-hydrogen) atoms. The molecule has 0 bridgehead atoms. The highest BCUT2D eigenvalue weighted by Crippen LogP contribution is 2.56. The van der Waals surface area contributed by atoms with E-state index >= 15 is 0 Å². The third-order valence-electron chi connectivity index (χ3n) is 6.42. The van der Waals surface area contributed by atoms with Crippen LogP contribution in [0.5, 0.6) is 0 Å². The topological polar surface area (TPSA) is 20.2 Å². The van der Waals surface area contributed by atoms with Gasteiger partial charge in [0.05, 0.1) is 6.61 Å². The largest absolute Gasteiger partial charge is 0.392 e. The Bertz CT molecular complexity index is 404. The van der Waals surface area contributed by atoms with Crippen molar-refractivity contribution in [3.8, 4) is 0 Å². The van der Waals surface area contributed by atoms with Crippen molar-refractivity contribution in [1.82, 2.24) is 0 Å². The van der Waals surface area contributed by atoms with Gasteiger partial charge in [0.2, 0.25) is 0 Å². The molecule has 0 heterocycles. The van der Waals surface area contributed by atoms with Gasteiger partial charge < -0.3 is 5.11 Å². The molecule has 2 fully saturated rings. The van der Waals surface area contributed by atoms with Gasteiger partial charge in [-0.3, -0.25) is 0 Å². The van der Waals surface area contributed by atoms with Crippen LogP contribution >= 0.6 is 0 Å². The summed E-state index contributed by atoms with van der Waals surface area (Å²) >= 11 is 0. The monoisotopic (exact) mass is 290 g/mol. The molecule has 1 heteroatoms. The second-order valence-corrected chi connectivity index (χ2v) is 8.26. The Kier molecular flexibility index (Phi) is 5.35. The van der Waals surface area contributed by atoms with Crippen LogP contribution < -0.4 is 0 Å². The minimum atomic E-state index is 0.174. The molecule has 0 aromatic carbocycles. The van der Waals surface area contributed by atoms with E-state index in [2.05, 4.69) is 34.3 Å². The molecule has 0 saturated heterocycles. The van der Waals surface area contributed by atoms with E-state index in [0.29, 0.717) is 11.3 Å². The van der Waals surface area contributed by atoms with Gasteiger partial charge in [0.1, 0.15) is 0 Å². The number of allylic oxidation sites excluding steroid dienone is 2. The summed E-state index contributed by atoms with van der Waals surface area (Å²) in [7, 11) is 0. The SMILES string of the molecule is C=C1CC[C@H]2[C@H](C(C)CCC2(C)C)[C@@H]1CC/C(C)=C/CO. The predicted octanol–water partition coefficient (Wildman–Crippen LogP) is 5.36. The molecular formula is C20H34O. The van der Waals surface area contributed by atoms with E-state index < -0.39 is 0 Å². The van der Waals surface area contributed by atoms with Crippen molar-refractivity contribution in [2.45, 2.75) is 66.2 Å². The zero-order chi connectivity index (χ0) is 15.6. The fraction of sp³-hybridized carbons (Fsp3) is 0.800. The average molecular weight is 290 g/mol. The molecule has 2 rings (SSSR count). The molecule has 2 aliphatic rings. The molecule has 4 atom stereocenters. The van der Waals surface area contributed by atoms with Crippen molar-refractivity contribution in [1.29, 1.82) is 0 Å². The van der Waals surface area contributed by atoms with E-state index in [9.17, 15) is 0 Å².